The first-order valence-corrected chi connectivity index (χ1v) is 28.1. The van der Waals surface area contributed by atoms with Crippen molar-refractivity contribution in [3.05, 3.63) is 137 Å². The van der Waals surface area contributed by atoms with Gasteiger partial charge in [-0.05, 0) is 165 Å². The summed E-state index contributed by atoms with van der Waals surface area (Å²) in [4.78, 5) is 7.01. The maximum absolute atomic E-state index is 2.87. The summed E-state index contributed by atoms with van der Waals surface area (Å²) in [5.74, 6) is 0. The summed E-state index contributed by atoms with van der Waals surface area (Å²) in [5, 5.41) is 4.15. The molecule has 0 saturated heterocycles. The minimum atomic E-state index is -0.108. The van der Waals surface area contributed by atoms with Crippen LogP contribution in [0.1, 0.15) is 175 Å². The minimum Gasteiger partial charge on any atom is -0.334 e. The van der Waals surface area contributed by atoms with Crippen molar-refractivity contribution in [1.29, 1.82) is 0 Å². The van der Waals surface area contributed by atoms with Crippen molar-refractivity contribution < 1.29 is 0 Å². The van der Waals surface area contributed by atoms with E-state index in [1.54, 1.807) is 0 Å². The number of anilines is 5. The largest absolute Gasteiger partial charge is 0.334 e. The normalized spacial score (nSPS) is 23.9. The van der Waals surface area contributed by atoms with E-state index in [1.807, 2.05) is 11.3 Å². The quantitative estimate of drug-likeness (QED) is 0.160. The fourth-order valence-electron chi connectivity index (χ4n) is 15.7. The molecule has 1 saturated carbocycles. The summed E-state index contributed by atoms with van der Waals surface area (Å²) in [6, 6.07) is 42.5. The molecule has 1 fully saturated rings. The molecular weight excluding hydrogens is 878 g/mol. The number of nitrogens with zero attached hydrogens (tertiary/aromatic N) is 3. The fourth-order valence-corrected chi connectivity index (χ4v) is 16.9. The molecule has 0 radical (unpaired) electrons. The van der Waals surface area contributed by atoms with Gasteiger partial charge in [0, 0.05) is 60.4 Å². The molecule has 0 spiro atoms. The van der Waals surface area contributed by atoms with Gasteiger partial charge in [0.15, 0.2) is 0 Å². The van der Waals surface area contributed by atoms with Crippen molar-refractivity contribution in [1.82, 2.24) is 4.57 Å². The molecule has 6 aliphatic rings. The number of hydrogen-bond donors (Lipinski definition) is 0. The van der Waals surface area contributed by atoms with Gasteiger partial charge in [-0.25, -0.2) is 0 Å². The molecule has 0 amide bonds. The van der Waals surface area contributed by atoms with E-state index in [1.165, 1.54) is 160 Å². The van der Waals surface area contributed by atoms with Crippen LogP contribution in [0.25, 0.3) is 36.9 Å². The van der Waals surface area contributed by atoms with Crippen molar-refractivity contribution in [3.63, 3.8) is 0 Å². The molecule has 0 bridgehead atoms. The SMILES string of the molecule is CC(C)(C)c1ccc2c(c1)C1(C)CCCCC1(C)N2c1cc2c3c(c1)-n1c4sc5ccccc5c4c4cccc(c41)B3c1cc3c(cc1N2c1ccc2c(c1)C(C)(C)CCC2(C)C)C(C)(C)CCC3(C)C. The smallest absolute Gasteiger partial charge is 0.252 e. The molecule has 3 nitrogen and oxygen atoms in total. The maximum atomic E-state index is 2.87. The van der Waals surface area contributed by atoms with E-state index in [0.29, 0.717) is 0 Å². The first-order valence-electron chi connectivity index (χ1n) is 27.3. The highest BCUT2D eigenvalue weighted by Gasteiger charge is 2.58. The second-order valence-corrected chi connectivity index (χ2v) is 28.4. The number of hydrogen-bond acceptors (Lipinski definition) is 3. The molecule has 2 atom stereocenters. The van der Waals surface area contributed by atoms with Crippen LogP contribution >= 0.6 is 11.3 Å². The Bertz CT molecular complexity index is 3660. The number of rotatable bonds is 2. The summed E-state index contributed by atoms with van der Waals surface area (Å²) in [7, 11) is 0. The number of benzene rings is 6. The van der Waals surface area contributed by atoms with Gasteiger partial charge in [-0.1, -0.05) is 157 Å². The summed E-state index contributed by atoms with van der Waals surface area (Å²) in [6.07, 6.45) is 9.64. The fraction of sp³-hybridized carbons (Fsp3) is 0.424. The third-order valence-electron chi connectivity index (χ3n) is 20.4. The molecule has 2 unspecified atom stereocenters. The first kappa shape index (κ1) is 44.4. The molecule has 71 heavy (non-hydrogen) atoms. The zero-order valence-corrected chi connectivity index (χ0v) is 45.6. The highest BCUT2D eigenvalue weighted by Crippen LogP contribution is 2.62. The van der Waals surface area contributed by atoms with Crippen LogP contribution < -0.4 is 26.2 Å². The van der Waals surface area contributed by atoms with Gasteiger partial charge in [0.25, 0.3) is 6.71 Å². The summed E-state index contributed by atoms with van der Waals surface area (Å²) >= 11 is 1.98. The monoisotopic (exact) mass is 950 g/mol. The van der Waals surface area contributed by atoms with Crippen molar-refractivity contribution in [2.75, 3.05) is 9.80 Å². The highest BCUT2D eigenvalue weighted by molar-refractivity contribution is 7.26. The van der Waals surface area contributed by atoms with Crippen LogP contribution in [0, 0.1) is 0 Å². The molecule has 6 aromatic carbocycles. The number of para-hydroxylation sites is 1. The topological polar surface area (TPSA) is 11.4 Å². The summed E-state index contributed by atoms with van der Waals surface area (Å²) in [5.41, 5.74) is 23.1. The Labute approximate surface area is 427 Å². The molecule has 5 heteroatoms. The van der Waals surface area contributed by atoms with Gasteiger partial charge in [0.2, 0.25) is 0 Å². The van der Waals surface area contributed by atoms with E-state index in [-0.39, 0.29) is 44.7 Å². The lowest BCUT2D eigenvalue weighted by Gasteiger charge is -2.51. The van der Waals surface area contributed by atoms with E-state index >= 15 is 0 Å². The summed E-state index contributed by atoms with van der Waals surface area (Å²) in [6.45, 7) is 32.4. The van der Waals surface area contributed by atoms with Gasteiger partial charge in [-0.2, -0.15) is 0 Å². The van der Waals surface area contributed by atoms with Gasteiger partial charge < -0.3 is 14.4 Å². The van der Waals surface area contributed by atoms with Crippen LogP contribution in [0.15, 0.2) is 103 Å². The second-order valence-electron chi connectivity index (χ2n) is 27.4. The van der Waals surface area contributed by atoms with Crippen LogP contribution in [-0.4, -0.2) is 16.8 Å². The van der Waals surface area contributed by atoms with Crippen LogP contribution in [0.5, 0.6) is 0 Å². The summed E-state index contributed by atoms with van der Waals surface area (Å²) < 4.78 is 4.11. The van der Waals surface area contributed by atoms with Crippen molar-refractivity contribution in [2.45, 2.75) is 179 Å². The third-order valence-corrected chi connectivity index (χ3v) is 21.6. The molecule has 3 aliphatic carbocycles. The van der Waals surface area contributed by atoms with Gasteiger partial charge in [-0.15, -0.1) is 11.3 Å². The van der Waals surface area contributed by atoms with Crippen LogP contribution in [0.2, 0.25) is 0 Å². The standard InChI is InChI=1S/C66H72BN3S/c1-60(2,3)39-23-26-51-48(33-39)65(12)27-16-17-28-66(65,13)70(51)41-35-53-57-54(36-41)69-58-43(56-42-19-14-15-22-55(42)71-59(56)69)20-18-21-49(58)67(57)50-37-46-47(64(10,11)32-31-63(46,8)9)38-52(50)68(53)40-24-25-44-45(34-40)62(6,7)30-29-61(44,4)5/h14-15,18-26,33-38H,16-17,27-32H2,1-13H3. The minimum absolute atomic E-state index is 0.00415. The van der Waals surface area contributed by atoms with E-state index < -0.39 is 0 Å². The second kappa shape index (κ2) is 13.9. The van der Waals surface area contributed by atoms with Crippen LogP contribution in [0.4, 0.5) is 28.4 Å². The lowest BCUT2D eigenvalue weighted by Crippen LogP contribution is -2.61. The number of fused-ring (bicyclic) bond motifs is 14. The molecule has 8 aromatic rings. The van der Waals surface area contributed by atoms with E-state index in [2.05, 4.69) is 208 Å². The number of thiophene rings is 1. The molecular formula is C66H72BN3S. The van der Waals surface area contributed by atoms with E-state index in [9.17, 15) is 0 Å². The van der Waals surface area contributed by atoms with E-state index in [0.717, 1.165) is 6.42 Å². The Morgan fingerprint density at radius 2 is 1.15 bits per heavy atom. The molecule has 14 rings (SSSR count). The zero-order chi connectivity index (χ0) is 49.3. The average molecular weight is 950 g/mol. The predicted molar refractivity (Wildman–Crippen MR) is 308 cm³/mol. The molecule has 3 aliphatic heterocycles. The molecule has 0 N–H and O–H groups in total. The Morgan fingerprint density at radius 1 is 0.507 bits per heavy atom. The zero-order valence-electron chi connectivity index (χ0n) is 44.8. The maximum Gasteiger partial charge on any atom is 0.252 e. The lowest BCUT2D eigenvalue weighted by atomic mass is 9.33. The van der Waals surface area contributed by atoms with E-state index in [4.69, 9.17) is 0 Å². The van der Waals surface area contributed by atoms with Gasteiger partial charge >= 0.3 is 0 Å². The molecule has 5 heterocycles. The first-order chi connectivity index (χ1) is 33.5. The Morgan fingerprint density at radius 3 is 1.89 bits per heavy atom. The predicted octanol–water partition coefficient (Wildman–Crippen LogP) is 16.3. The Balaban J connectivity index is 1.15. The number of aromatic nitrogens is 1. The molecule has 2 aromatic heterocycles. The third kappa shape index (κ3) is 5.69. The van der Waals surface area contributed by atoms with Gasteiger partial charge in [0.1, 0.15) is 4.83 Å². The Hall–Kier alpha value is -5.26. The Kier molecular flexibility index (Phi) is 8.68. The van der Waals surface area contributed by atoms with Gasteiger partial charge in [-0.3, -0.25) is 0 Å². The van der Waals surface area contributed by atoms with Gasteiger partial charge in [0.05, 0.1) is 11.1 Å². The lowest BCUT2D eigenvalue weighted by molar-refractivity contribution is 0.195. The van der Waals surface area contributed by atoms with Crippen molar-refractivity contribution in [2.24, 2.45) is 0 Å². The highest BCUT2D eigenvalue weighted by atomic mass is 32.1. The van der Waals surface area contributed by atoms with Crippen LogP contribution in [-0.2, 0) is 32.5 Å². The average Bonchev–Trinajstić information content (AvgIpc) is 3.93. The van der Waals surface area contributed by atoms with Crippen molar-refractivity contribution >= 4 is 94.1 Å². The van der Waals surface area contributed by atoms with Crippen molar-refractivity contribution in [3.8, 4) is 5.69 Å². The van der Waals surface area contributed by atoms with Crippen LogP contribution in [0.3, 0.4) is 0 Å². The molecule has 360 valence electrons.